The van der Waals surface area contributed by atoms with E-state index in [4.69, 9.17) is 4.74 Å². The molecule has 2 aromatic heterocycles. The molecule has 6 heteroatoms. The number of aryl methyl sites for hydroxylation is 2. The van der Waals surface area contributed by atoms with E-state index in [1.807, 2.05) is 24.7 Å². The van der Waals surface area contributed by atoms with Gasteiger partial charge in [-0.25, -0.2) is 4.98 Å². The quantitative estimate of drug-likeness (QED) is 0.871. The zero-order valence-corrected chi connectivity index (χ0v) is 10.1. The first kappa shape index (κ1) is 11.4. The smallest absolute Gasteiger partial charge is 0.218 e. The second-order valence-electron chi connectivity index (χ2n) is 3.55. The van der Waals surface area contributed by atoms with Crippen LogP contribution in [0, 0.1) is 6.92 Å². The van der Waals surface area contributed by atoms with Crippen LogP contribution >= 0.6 is 0 Å². The first-order valence-electron chi connectivity index (χ1n) is 5.40. The van der Waals surface area contributed by atoms with E-state index >= 15 is 0 Å². The maximum Gasteiger partial charge on any atom is 0.218 e. The second-order valence-corrected chi connectivity index (χ2v) is 3.55. The summed E-state index contributed by atoms with van der Waals surface area (Å²) >= 11 is 0. The van der Waals surface area contributed by atoms with Crippen LogP contribution in [0.2, 0.25) is 0 Å². The Balaban J connectivity index is 2.20. The van der Waals surface area contributed by atoms with Gasteiger partial charge in [0.15, 0.2) is 0 Å². The highest BCUT2D eigenvalue weighted by Gasteiger charge is 2.03. The minimum absolute atomic E-state index is 0.544. The van der Waals surface area contributed by atoms with Crippen LogP contribution in [0.4, 0.5) is 11.5 Å². The summed E-state index contributed by atoms with van der Waals surface area (Å²) in [6, 6.07) is 1.75. The van der Waals surface area contributed by atoms with Crippen molar-refractivity contribution in [3.63, 3.8) is 0 Å². The molecule has 0 bridgehead atoms. The molecule has 0 saturated carbocycles. The molecule has 2 rings (SSSR count). The molecule has 0 spiro atoms. The molecule has 90 valence electrons. The third-order valence-electron chi connectivity index (χ3n) is 2.25. The van der Waals surface area contributed by atoms with Crippen molar-refractivity contribution in [2.75, 3.05) is 12.4 Å². The van der Waals surface area contributed by atoms with Gasteiger partial charge in [0.1, 0.15) is 11.6 Å². The molecule has 0 aliphatic heterocycles. The molecule has 0 radical (unpaired) electrons. The van der Waals surface area contributed by atoms with E-state index in [-0.39, 0.29) is 0 Å². The standard InChI is InChI=1S/C11H15N5O/c1-4-16-7-9(6-12-16)15-10-5-11(17-3)14-8(2)13-10/h5-7H,4H2,1-3H3,(H,13,14,15). The van der Waals surface area contributed by atoms with Gasteiger partial charge in [0, 0.05) is 18.8 Å². The Labute approximate surface area is 99.7 Å². The van der Waals surface area contributed by atoms with Crippen molar-refractivity contribution in [3.8, 4) is 5.88 Å². The Bertz CT molecular complexity index is 508. The zero-order valence-electron chi connectivity index (χ0n) is 10.1. The predicted molar refractivity (Wildman–Crippen MR) is 64.5 cm³/mol. The first-order chi connectivity index (χ1) is 8.21. The number of nitrogens with one attached hydrogen (secondary N) is 1. The molecule has 0 saturated heterocycles. The third-order valence-corrected chi connectivity index (χ3v) is 2.25. The van der Waals surface area contributed by atoms with E-state index in [1.54, 1.807) is 19.4 Å². The molecular weight excluding hydrogens is 218 g/mol. The minimum Gasteiger partial charge on any atom is -0.481 e. The molecule has 0 aliphatic rings. The lowest BCUT2D eigenvalue weighted by atomic mass is 10.4. The highest BCUT2D eigenvalue weighted by molar-refractivity contribution is 5.54. The number of aromatic nitrogens is 4. The van der Waals surface area contributed by atoms with Gasteiger partial charge in [-0.2, -0.15) is 10.1 Å². The van der Waals surface area contributed by atoms with Crippen LogP contribution in [-0.4, -0.2) is 26.9 Å². The number of ether oxygens (including phenoxy) is 1. The SMILES string of the molecule is CCn1cc(Nc2cc(OC)nc(C)n2)cn1. The van der Waals surface area contributed by atoms with Gasteiger partial charge in [-0.15, -0.1) is 0 Å². The van der Waals surface area contributed by atoms with Gasteiger partial charge in [-0.1, -0.05) is 0 Å². The largest absolute Gasteiger partial charge is 0.481 e. The minimum atomic E-state index is 0.544. The number of anilines is 2. The van der Waals surface area contributed by atoms with Gasteiger partial charge in [-0.3, -0.25) is 4.68 Å². The van der Waals surface area contributed by atoms with Gasteiger partial charge in [-0.05, 0) is 13.8 Å². The molecule has 2 aromatic rings. The summed E-state index contributed by atoms with van der Waals surface area (Å²) in [5.41, 5.74) is 0.895. The van der Waals surface area contributed by atoms with Crippen LogP contribution in [0.25, 0.3) is 0 Å². The molecular formula is C11H15N5O. The summed E-state index contributed by atoms with van der Waals surface area (Å²) in [5.74, 6) is 1.91. The van der Waals surface area contributed by atoms with Crippen LogP contribution in [-0.2, 0) is 6.54 Å². The van der Waals surface area contributed by atoms with Crippen molar-refractivity contribution >= 4 is 11.5 Å². The Kier molecular flexibility index (Phi) is 3.22. The Hall–Kier alpha value is -2.11. The lowest BCUT2D eigenvalue weighted by Crippen LogP contribution is -1.99. The van der Waals surface area contributed by atoms with Crippen molar-refractivity contribution < 1.29 is 4.74 Å². The van der Waals surface area contributed by atoms with Crippen LogP contribution in [0.3, 0.4) is 0 Å². The van der Waals surface area contributed by atoms with Crippen molar-refractivity contribution in [2.45, 2.75) is 20.4 Å². The van der Waals surface area contributed by atoms with Gasteiger partial charge in [0.05, 0.1) is 19.0 Å². The normalized spacial score (nSPS) is 10.3. The van der Waals surface area contributed by atoms with Gasteiger partial charge >= 0.3 is 0 Å². The van der Waals surface area contributed by atoms with E-state index in [0.29, 0.717) is 17.5 Å². The summed E-state index contributed by atoms with van der Waals surface area (Å²) in [6.07, 6.45) is 3.68. The maximum absolute atomic E-state index is 5.09. The van der Waals surface area contributed by atoms with Crippen LogP contribution < -0.4 is 10.1 Å². The molecule has 0 unspecified atom stereocenters. The third kappa shape index (κ3) is 2.72. The Morgan fingerprint density at radius 3 is 2.88 bits per heavy atom. The Morgan fingerprint density at radius 2 is 2.24 bits per heavy atom. The molecule has 1 N–H and O–H groups in total. The number of methoxy groups -OCH3 is 1. The van der Waals surface area contributed by atoms with Crippen molar-refractivity contribution in [1.29, 1.82) is 0 Å². The van der Waals surface area contributed by atoms with E-state index < -0.39 is 0 Å². The molecule has 0 aliphatic carbocycles. The molecule has 0 amide bonds. The van der Waals surface area contributed by atoms with Crippen LogP contribution in [0.1, 0.15) is 12.7 Å². The highest BCUT2D eigenvalue weighted by Crippen LogP contribution is 2.17. The van der Waals surface area contributed by atoms with Crippen molar-refractivity contribution in [2.24, 2.45) is 0 Å². The summed E-state index contributed by atoms with van der Waals surface area (Å²) < 4.78 is 6.93. The molecule has 17 heavy (non-hydrogen) atoms. The lowest BCUT2D eigenvalue weighted by molar-refractivity contribution is 0.396. The monoisotopic (exact) mass is 233 g/mol. The average Bonchev–Trinajstić information content (AvgIpc) is 2.76. The van der Waals surface area contributed by atoms with E-state index in [0.717, 1.165) is 12.2 Å². The van der Waals surface area contributed by atoms with E-state index in [1.165, 1.54) is 0 Å². The van der Waals surface area contributed by atoms with Gasteiger partial charge in [0.2, 0.25) is 5.88 Å². The number of hydrogen-bond donors (Lipinski definition) is 1. The molecule has 0 fully saturated rings. The lowest BCUT2D eigenvalue weighted by Gasteiger charge is -2.05. The maximum atomic E-state index is 5.09. The molecule has 6 nitrogen and oxygen atoms in total. The van der Waals surface area contributed by atoms with E-state index in [2.05, 4.69) is 20.4 Å². The molecule has 2 heterocycles. The Morgan fingerprint density at radius 1 is 1.41 bits per heavy atom. The summed E-state index contributed by atoms with van der Waals surface area (Å²) in [5, 5.41) is 7.34. The van der Waals surface area contributed by atoms with Crippen molar-refractivity contribution in [1.82, 2.24) is 19.7 Å². The highest BCUT2D eigenvalue weighted by atomic mass is 16.5. The molecule has 0 aromatic carbocycles. The van der Waals surface area contributed by atoms with E-state index in [9.17, 15) is 0 Å². The van der Waals surface area contributed by atoms with Crippen LogP contribution in [0.15, 0.2) is 18.5 Å². The summed E-state index contributed by atoms with van der Waals surface area (Å²) in [4.78, 5) is 8.39. The average molecular weight is 233 g/mol. The van der Waals surface area contributed by atoms with Gasteiger partial charge in [0.25, 0.3) is 0 Å². The van der Waals surface area contributed by atoms with Gasteiger partial charge < -0.3 is 10.1 Å². The first-order valence-corrected chi connectivity index (χ1v) is 5.40. The number of nitrogens with zero attached hydrogens (tertiary/aromatic N) is 4. The summed E-state index contributed by atoms with van der Waals surface area (Å²) in [6.45, 7) is 4.70. The zero-order chi connectivity index (χ0) is 12.3. The second kappa shape index (κ2) is 4.82. The van der Waals surface area contributed by atoms with Crippen molar-refractivity contribution in [3.05, 3.63) is 24.3 Å². The molecule has 0 atom stereocenters. The fourth-order valence-corrected chi connectivity index (χ4v) is 1.46. The predicted octanol–water partition coefficient (Wildman–Crippen LogP) is 1.75. The fourth-order valence-electron chi connectivity index (χ4n) is 1.46. The number of hydrogen-bond acceptors (Lipinski definition) is 5. The summed E-state index contributed by atoms with van der Waals surface area (Å²) in [7, 11) is 1.58. The van der Waals surface area contributed by atoms with Crippen LogP contribution in [0.5, 0.6) is 5.88 Å². The fraction of sp³-hybridized carbons (Fsp3) is 0.364. The topological polar surface area (TPSA) is 64.9 Å². The number of rotatable bonds is 4.